The van der Waals surface area contributed by atoms with Crippen LogP contribution < -0.4 is 10.2 Å². The van der Waals surface area contributed by atoms with E-state index in [1.165, 1.54) is 0 Å². The van der Waals surface area contributed by atoms with Crippen molar-refractivity contribution in [1.82, 2.24) is 9.80 Å². The van der Waals surface area contributed by atoms with E-state index in [1.807, 2.05) is 71.6 Å². The summed E-state index contributed by atoms with van der Waals surface area (Å²) in [5.41, 5.74) is 1.99. The van der Waals surface area contributed by atoms with Gasteiger partial charge >= 0.3 is 0 Å². The number of piperazine rings is 1. The van der Waals surface area contributed by atoms with E-state index >= 15 is 0 Å². The van der Waals surface area contributed by atoms with Crippen LogP contribution in [0.5, 0.6) is 0 Å². The largest absolute Gasteiger partial charge is 0.368 e. The van der Waals surface area contributed by atoms with E-state index in [2.05, 4.69) is 15.1 Å². The third kappa shape index (κ3) is 5.60. The minimum atomic E-state index is -0.00977. The number of benzene rings is 3. The zero-order valence-electron chi connectivity index (χ0n) is 19.8. The number of amides is 2. The highest BCUT2D eigenvalue weighted by Gasteiger charge is 2.31. The maximum Gasteiger partial charge on any atom is 0.238 e. The Bertz CT molecular complexity index is 1180. The molecule has 0 aromatic heterocycles. The molecule has 0 atom stereocenters. The number of nitrogens with one attached hydrogen (secondary N) is 1. The molecule has 3 aromatic carbocycles. The van der Waals surface area contributed by atoms with Crippen molar-refractivity contribution >= 4 is 45.6 Å². The van der Waals surface area contributed by atoms with E-state index in [9.17, 15) is 9.59 Å². The van der Waals surface area contributed by atoms with Crippen LogP contribution in [0.25, 0.3) is 10.8 Å². The molecule has 2 heterocycles. The molecule has 2 amide bonds. The van der Waals surface area contributed by atoms with Gasteiger partial charge < -0.3 is 15.1 Å². The first-order valence-corrected chi connectivity index (χ1v) is 12.7. The van der Waals surface area contributed by atoms with Crippen LogP contribution in [0.4, 0.5) is 11.4 Å². The van der Waals surface area contributed by atoms with Crippen molar-refractivity contribution in [3.63, 3.8) is 0 Å². The summed E-state index contributed by atoms with van der Waals surface area (Å²) in [5.74, 6) is 0.305. The van der Waals surface area contributed by atoms with Gasteiger partial charge in [0, 0.05) is 53.9 Å². The van der Waals surface area contributed by atoms with Crippen LogP contribution >= 0.6 is 11.6 Å². The summed E-state index contributed by atoms with van der Waals surface area (Å²) >= 11 is 6.00. The molecule has 2 aliphatic rings. The fraction of sp³-hybridized carbons (Fsp3) is 0.357. The van der Waals surface area contributed by atoms with Crippen molar-refractivity contribution in [2.24, 2.45) is 5.92 Å². The molecule has 0 bridgehead atoms. The molecule has 182 valence electrons. The lowest BCUT2D eigenvalue weighted by Crippen LogP contribution is -2.52. The number of likely N-dealkylation sites (tertiary alicyclic amines) is 1. The molecule has 0 radical (unpaired) electrons. The Hall–Kier alpha value is -3.09. The lowest BCUT2D eigenvalue weighted by atomic mass is 9.95. The highest BCUT2D eigenvalue weighted by atomic mass is 35.5. The number of piperidine rings is 1. The van der Waals surface area contributed by atoms with Gasteiger partial charge in [-0.1, -0.05) is 48.0 Å². The summed E-state index contributed by atoms with van der Waals surface area (Å²) in [4.78, 5) is 32.3. The summed E-state index contributed by atoms with van der Waals surface area (Å²) in [6, 6.07) is 21.9. The second-order valence-electron chi connectivity index (χ2n) is 9.41. The number of nitrogens with zero attached hydrogens (tertiary/aromatic N) is 3. The maximum absolute atomic E-state index is 13.1. The molecule has 1 N–H and O–H groups in total. The first-order chi connectivity index (χ1) is 17.1. The Morgan fingerprint density at radius 3 is 2.26 bits per heavy atom. The number of rotatable bonds is 5. The lowest BCUT2D eigenvalue weighted by Gasteiger charge is -2.39. The highest BCUT2D eigenvalue weighted by Crippen LogP contribution is 2.25. The fourth-order valence-electron chi connectivity index (χ4n) is 5.16. The van der Waals surface area contributed by atoms with Gasteiger partial charge in [0.2, 0.25) is 11.8 Å². The van der Waals surface area contributed by atoms with E-state index in [-0.39, 0.29) is 17.7 Å². The van der Waals surface area contributed by atoms with Crippen molar-refractivity contribution < 1.29 is 9.59 Å². The van der Waals surface area contributed by atoms with Crippen molar-refractivity contribution in [2.75, 3.05) is 56.0 Å². The van der Waals surface area contributed by atoms with Crippen molar-refractivity contribution in [3.05, 3.63) is 71.8 Å². The van der Waals surface area contributed by atoms with Crippen LogP contribution in [-0.2, 0) is 9.59 Å². The molecule has 0 aliphatic carbocycles. The van der Waals surface area contributed by atoms with E-state index < -0.39 is 0 Å². The molecule has 2 saturated heterocycles. The number of carbonyl (C=O) groups is 2. The number of hydrogen-bond donors (Lipinski definition) is 1. The Morgan fingerprint density at radius 2 is 1.51 bits per heavy atom. The zero-order valence-corrected chi connectivity index (χ0v) is 20.6. The van der Waals surface area contributed by atoms with Crippen LogP contribution in [0.3, 0.4) is 0 Å². The fourth-order valence-corrected chi connectivity index (χ4v) is 5.29. The predicted molar refractivity (Wildman–Crippen MR) is 142 cm³/mol. The number of halogens is 1. The standard InChI is InChI=1S/C28H31ClN4O2/c29-23-8-10-24(11-9-23)32-16-18-33(19-17-32)28(35)22-12-14-31(15-13-22)20-27(34)30-26-7-3-5-21-4-1-2-6-25(21)26/h1-11,22H,12-20H2,(H,30,34). The molecular weight excluding hydrogens is 460 g/mol. The summed E-state index contributed by atoms with van der Waals surface area (Å²) in [7, 11) is 0. The molecule has 35 heavy (non-hydrogen) atoms. The first kappa shape index (κ1) is 23.6. The van der Waals surface area contributed by atoms with Crippen molar-refractivity contribution in [2.45, 2.75) is 12.8 Å². The molecule has 2 fully saturated rings. The van der Waals surface area contributed by atoms with E-state index in [4.69, 9.17) is 11.6 Å². The Kier molecular flexibility index (Phi) is 7.21. The summed E-state index contributed by atoms with van der Waals surface area (Å²) < 4.78 is 0. The van der Waals surface area contributed by atoms with Gasteiger partial charge in [0.1, 0.15) is 0 Å². The number of hydrogen-bond acceptors (Lipinski definition) is 4. The average Bonchev–Trinajstić information content (AvgIpc) is 2.89. The van der Waals surface area contributed by atoms with Crippen LogP contribution in [0, 0.1) is 5.92 Å². The summed E-state index contributed by atoms with van der Waals surface area (Å²) in [6.07, 6.45) is 1.61. The van der Waals surface area contributed by atoms with E-state index in [0.717, 1.165) is 79.3 Å². The minimum absolute atomic E-state index is 0.00977. The van der Waals surface area contributed by atoms with Gasteiger partial charge in [-0.05, 0) is 61.6 Å². The van der Waals surface area contributed by atoms with Crippen LogP contribution in [0.2, 0.25) is 5.02 Å². The van der Waals surface area contributed by atoms with Crippen LogP contribution in [0.15, 0.2) is 66.7 Å². The molecule has 7 heteroatoms. The van der Waals surface area contributed by atoms with Crippen LogP contribution in [-0.4, -0.2) is 67.4 Å². The van der Waals surface area contributed by atoms with Crippen molar-refractivity contribution in [1.29, 1.82) is 0 Å². The highest BCUT2D eigenvalue weighted by molar-refractivity contribution is 6.30. The SMILES string of the molecule is O=C(CN1CCC(C(=O)N2CCN(c3ccc(Cl)cc3)CC2)CC1)Nc1cccc2ccccc12. The average molecular weight is 491 g/mol. The Morgan fingerprint density at radius 1 is 0.829 bits per heavy atom. The molecule has 3 aromatic rings. The van der Waals surface area contributed by atoms with Gasteiger partial charge in [0.05, 0.1) is 6.54 Å². The minimum Gasteiger partial charge on any atom is -0.368 e. The van der Waals surface area contributed by atoms with Gasteiger partial charge in [0.15, 0.2) is 0 Å². The Labute approximate surface area is 211 Å². The second-order valence-corrected chi connectivity index (χ2v) is 9.85. The van der Waals surface area contributed by atoms with Gasteiger partial charge in [0.25, 0.3) is 0 Å². The quantitative estimate of drug-likeness (QED) is 0.572. The lowest BCUT2D eigenvalue weighted by molar-refractivity contribution is -0.137. The summed E-state index contributed by atoms with van der Waals surface area (Å²) in [6.45, 7) is 5.05. The molecule has 0 saturated carbocycles. The van der Waals surface area contributed by atoms with Gasteiger partial charge in [-0.2, -0.15) is 0 Å². The second kappa shape index (κ2) is 10.7. The molecule has 5 rings (SSSR count). The van der Waals surface area contributed by atoms with Crippen LogP contribution in [0.1, 0.15) is 12.8 Å². The van der Waals surface area contributed by atoms with Gasteiger partial charge in [-0.25, -0.2) is 0 Å². The van der Waals surface area contributed by atoms with E-state index in [1.54, 1.807) is 0 Å². The summed E-state index contributed by atoms with van der Waals surface area (Å²) in [5, 5.41) is 5.96. The van der Waals surface area contributed by atoms with Gasteiger partial charge in [-0.15, -0.1) is 0 Å². The molecule has 2 aliphatic heterocycles. The smallest absolute Gasteiger partial charge is 0.238 e. The monoisotopic (exact) mass is 490 g/mol. The third-order valence-electron chi connectivity index (χ3n) is 7.15. The Balaban J connectivity index is 1.08. The first-order valence-electron chi connectivity index (χ1n) is 12.4. The predicted octanol–water partition coefficient (Wildman–Crippen LogP) is 4.49. The number of fused-ring (bicyclic) bond motifs is 1. The molecule has 6 nitrogen and oxygen atoms in total. The topological polar surface area (TPSA) is 55.9 Å². The molecular formula is C28H31ClN4O2. The third-order valence-corrected chi connectivity index (χ3v) is 7.40. The number of anilines is 2. The number of carbonyl (C=O) groups excluding carboxylic acids is 2. The van der Waals surface area contributed by atoms with E-state index in [0.29, 0.717) is 6.54 Å². The normalized spacial score (nSPS) is 17.5. The van der Waals surface area contributed by atoms with Gasteiger partial charge in [-0.3, -0.25) is 14.5 Å². The van der Waals surface area contributed by atoms with Crippen molar-refractivity contribution in [3.8, 4) is 0 Å². The molecule has 0 unspecified atom stereocenters. The molecule has 0 spiro atoms. The maximum atomic E-state index is 13.1. The zero-order chi connectivity index (χ0) is 24.2.